The molecular weight excluding hydrogens is 466 g/mol. The normalized spacial score (nSPS) is 16.2. The molecular formula is C26H31N3O3S2. The van der Waals surface area contributed by atoms with Crippen molar-refractivity contribution in [1.29, 1.82) is 0 Å². The van der Waals surface area contributed by atoms with E-state index in [0.717, 1.165) is 47.2 Å². The Morgan fingerprint density at radius 1 is 1.06 bits per heavy atom. The molecule has 4 rings (SSSR count). The summed E-state index contributed by atoms with van der Waals surface area (Å²) in [6, 6.07) is 16.5. The summed E-state index contributed by atoms with van der Waals surface area (Å²) < 4.78 is 27.5. The van der Waals surface area contributed by atoms with Gasteiger partial charge >= 0.3 is 0 Å². The minimum absolute atomic E-state index is 0.122. The number of thioether (sulfide) groups is 1. The predicted molar refractivity (Wildman–Crippen MR) is 139 cm³/mol. The quantitative estimate of drug-likeness (QED) is 0.429. The zero-order valence-corrected chi connectivity index (χ0v) is 21.3. The van der Waals surface area contributed by atoms with Gasteiger partial charge < -0.3 is 5.32 Å². The Labute approximate surface area is 206 Å². The van der Waals surface area contributed by atoms with E-state index in [-0.39, 0.29) is 16.1 Å². The van der Waals surface area contributed by atoms with Gasteiger partial charge in [0.1, 0.15) is 0 Å². The number of nitrogens with zero attached hydrogens (tertiary/aromatic N) is 2. The Morgan fingerprint density at radius 3 is 2.41 bits per heavy atom. The number of hydrogen-bond acceptors (Lipinski definition) is 5. The number of nitrogens with one attached hydrogen (secondary N) is 1. The van der Waals surface area contributed by atoms with Crippen molar-refractivity contribution >= 4 is 44.3 Å². The molecule has 34 heavy (non-hydrogen) atoms. The Kier molecular flexibility index (Phi) is 7.91. The maximum atomic E-state index is 13.0. The summed E-state index contributed by atoms with van der Waals surface area (Å²) in [7, 11) is -3.51. The van der Waals surface area contributed by atoms with Crippen molar-refractivity contribution in [1.82, 2.24) is 9.29 Å². The number of rotatable bonds is 7. The first-order valence-corrected chi connectivity index (χ1v) is 14.1. The van der Waals surface area contributed by atoms with E-state index < -0.39 is 10.0 Å². The van der Waals surface area contributed by atoms with Crippen molar-refractivity contribution in [2.45, 2.75) is 61.1 Å². The van der Waals surface area contributed by atoms with Crippen LogP contribution in [-0.4, -0.2) is 42.0 Å². The van der Waals surface area contributed by atoms with Crippen molar-refractivity contribution in [3.05, 3.63) is 60.2 Å². The van der Waals surface area contributed by atoms with Gasteiger partial charge in [0.15, 0.2) is 0 Å². The molecule has 1 saturated heterocycles. The van der Waals surface area contributed by atoms with E-state index in [1.807, 2.05) is 37.3 Å². The van der Waals surface area contributed by atoms with Crippen molar-refractivity contribution in [3.8, 4) is 0 Å². The van der Waals surface area contributed by atoms with Crippen molar-refractivity contribution < 1.29 is 13.2 Å². The van der Waals surface area contributed by atoms with Crippen LogP contribution >= 0.6 is 11.8 Å². The number of carbonyl (C=O) groups excluding carboxylic acids is 1. The lowest BCUT2D eigenvalue weighted by molar-refractivity contribution is -0.115. The van der Waals surface area contributed by atoms with Crippen LogP contribution in [0.3, 0.4) is 0 Å². The number of aromatic nitrogens is 1. The fourth-order valence-corrected chi connectivity index (χ4v) is 6.75. The number of amides is 1. The summed E-state index contributed by atoms with van der Waals surface area (Å²) in [5, 5.41) is 4.55. The van der Waals surface area contributed by atoms with Gasteiger partial charge in [-0.15, -0.1) is 0 Å². The van der Waals surface area contributed by atoms with E-state index in [9.17, 15) is 13.2 Å². The maximum absolute atomic E-state index is 13.0. The molecule has 1 fully saturated rings. The van der Waals surface area contributed by atoms with Crippen LogP contribution in [0.25, 0.3) is 10.9 Å². The Balaban J connectivity index is 1.44. The zero-order chi connectivity index (χ0) is 24.1. The molecule has 1 amide bonds. The fourth-order valence-electron chi connectivity index (χ4n) is 4.21. The molecule has 180 valence electrons. The van der Waals surface area contributed by atoms with Gasteiger partial charge in [-0.1, -0.05) is 49.7 Å². The average molecular weight is 498 g/mol. The number of fused-ring (bicyclic) bond motifs is 1. The van der Waals surface area contributed by atoms with E-state index in [2.05, 4.69) is 12.2 Å². The van der Waals surface area contributed by atoms with Gasteiger partial charge in [-0.05, 0) is 68.1 Å². The van der Waals surface area contributed by atoms with Gasteiger partial charge in [-0.3, -0.25) is 4.79 Å². The predicted octanol–water partition coefficient (Wildman–Crippen LogP) is 5.62. The average Bonchev–Trinajstić information content (AvgIpc) is 3.13. The standard InChI is InChI=1S/C26H31N3O3S2/c1-3-24(33-25-18-19(2)22-10-6-7-11-23(22)28-25)26(30)27-20-12-14-21(15-13-20)34(31,32)29-16-8-4-5-9-17-29/h6-7,10-15,18,24H,3-5,8-9,16-17H2,1-2H3,(H,27,30). The van der Waals surface area contributed by atoms with Gasteiger partial charge in [0.2, 0.25) is 15.9 Å². The van der Waals surface area contributed by atoms with Gasteiger partial charge in [0.25, 0.3) is 0 Å². The molecule has 1 atom stereocenters. The van der Waals surface area contributed by atoms with Crippen LogP contribution in [-0.2, 0) is 14.8 Å². The van der Waals surface area contributed by atoms with Crippen LogP contribution in [0, 0.1) is 6.92 Å². The number of anilines is 1. The number of carbonyl (C=O) groups is 1. The molecule has 1 unspecified atom stereocenters. The number of benzene rings is 2. The van der Waals surface area contributed by atoms with Crippen molar-refractivity contribution in [3.63, 3.8) is 0 Å². The molecule has 1 N–H and O–H groups in total. The molecule has 0 saturated carbocycles. The molecule has 0 spiro atoms. The third kappa shape index (κ3) is 5.62. The minimum atomic E-state index is -3.51. The van der Waals surface area contributed by atoms with Crippen LogP contribution in [0.5, 0.6) is 0 Å². The summed E-state index contributed by atoms with van der Waals surface area (Å²) >= 11 is 1.45. The highest BCUT2D eigenvalue weighted by atomic mass is 32.2. The topological polar surface area (TPSA) is 79.4 Å². The largest absolute Gasteiger partial charge is 0.325 e. The number of sulfonamides is 1. The SMILES string of the molecule is CCC(Sc1cc(C)c2ccccc2n1)C(=O)Nc1ccc(S(=O)(=O)N2CCCCCC2)cc1. The smallest absolute Gasteiger partial charge is 0.243 e. The van der Waals surface area contributed by atoms with Crippen LogP contribution in [0.2, 0.25) is 0 Å². The first kappa shape index (κ1) is 24.7. The maximum Gasteiger partial charge on any atom is 0.243 e. The number of para-hydroxylation sites is 1. The lowest BCUT2D eigenvalue weighted by Crippen LogP contribution is -2.31. The Morgan fingerprint density at radius 2 is 1.74 bits per heavy atom. The Hall–Kier alpha value is -2.42. The van der Waals surface area contributed by atoms with E-state index in [4.69, 9.17) is 4.98 Å². The molecule has 8 heteroatoms. The molecule has 1 aromatic heterocycles. The van der Waals surface area contributed by atoms with E-state index in [1.165, 1.54) is 11.8 Å². The van der Waals surface area contributed by atoms with Crippen molar-refractivity contribution in [2.24, 2.45) is 0 Å². The van der Waals surface area contributed by atoms with Crippen LogP contribution in [0.4, 0.5) is 5.69 Å². The molecule has 0 radical (unpaired) electrons. The van der Waals surface area contributed by atoms with Gasteiger partial charge in [-0.25, -0.2) is 13.4 Å². The Bertz CT molecular complexity index is 1250. The van der Waals surface area contributed by atoms with E-state index >= 15 is 0 Å². The van der Waals surface area contributed by atoms with Gasteiger partial charge in [-0.2, -0.15) is 4.31 Å². The van der Waals surface area contributed by atoms with Crippen LogP contribution in [0.15, 0.2) is 64.5 Å². The summed E-state index contributed by atoms with van der Waals surface area (Å²) in [5.41, 5.74) is 2.63. The number of aryl methyl sites for hydroxylation is 1. The molecule has 2 aromatic carbocycles. The second kappa shape index (κ2) is 10.9. The molecule has 1 aliphatic rings. The zero-order valence-electron chi connectivity index (χ0n) is 19.7. The molecule has 6 nitrogen and oxygen atoms in total. The molecule has 0 aliphatic carbocycles. The highest BCUT2D eigenvalue weighted by Gasteiger charge is 2.25. The van der Waals surface area contributed by atoms with E-state index in [0.29, 0.717) is 25.2 Å². The number of pyridine rings is 1. The van der Waals surface area contributed by atoms with Gasteiger partial charge in [0, 0.05) is 24.2 Å². The summed E-state index contributed by atoms with van der Waals surface area (Å²) in [4.78, 5) is 18.0. The summed E-state index contributed by atoms with van der Waals surface area (Å²) in [6.07, 6.45) is 4.58. The van der Waals surface area contributed by atoms with Crippen LogP contribution < -0.4 is 5.32 Å². The summed E-state index contributed by atoms with van der Waals surface area (Å²) in [5.74, 6) is -0.122. The molecule has 2 heterocycles. The van der Waals surface area contributed by atoms with E-state index in [1.54, 1.807) is 28.6 Å². The second-order valence-corrected chi connectivity index (χ2v) is 11.8. The first-order chi connectivity index (χ1) is 16.4. The molecule has 1 aliphatic heterocycles. The number of hydrogen-bond donors (Lipinski definition) is 1. The lowest BCUT2D eigenvalue weighted by Gasteiger charge is -2.20. The fraction of sp³-hybridized carbons (Fsp3) is 0.385. The minimum Gasteiger partial charge on any atom is -0.325 e. The summed E-state index contributed by atoms with van der Waals surface area (Å²) in [6.45, 7) is 5.16. The highest BCUT2D eigenvalue weighted by molar-refractivity contribution is 8.00. The lowest BCUT2D eigenvalue weighted by atomic mass is 10.1. The third-order valence-electron chi connectivity index (χ3n) is 6.15. The molecule has 3 aromatic rings. The third-order valence-corrected chi connectivity index (χ3v) is 9.35. The molecule has 0 bridgehead atoms. The van der Waals surface area contributed by atoms with Crippen LogP contribution in [0.1, 0.15) is 44.6 Å². The first-order valence-electron chi connectivity index (χ1n) is 11.8. The monoisotopic (exact) mass is 497 g/mol. The second-order valence-electron chi connectivity index (χ2n) is 8.64. The van der Waals surface area contributed by atoms with Crippen molar-refractivity contribution in [2.75, 3.05) is 18.4 Å². The van der Waals surface area contributed by atoms with Gasteiger partial charge in [0.05, 0.1) is 20.7 Å². The highest BCUT2D eigenvalue weighted by Crippen LogP contribution is 2.29.